The molecule has 29 heavy (non-hydrogen) atoms. The molecular weight excluding hydrogens is 370 g/mol. The molecule has 8 nitrogen and oxygen atoms in total. The van der Waals surface area contributed by atoms with Crippen molar-refractivity contribution >= 4 is 17.3 Å². The molecule has 1 amide bonds. The van der Waals surface area contributed by atoms with E-state index in [-0.39, 0.29) is 11.6 Å². The monoisotopic (exact) mass is 395 g/mol. The van der Waals surface area contributed by atoms with Crippen molar-refractivity contribution in [1.82, 2.24) is 15.2 Å². The highest BCUT2D eigenvalue weighted by atomic mass is 16.6. The van der Waals surface area contributed by atoms with Crippen molar-refractivity contribution in [3.8, 4) is 0 Å². The van der Waals surface area contributed by atoms with Crippen LogP contribution in [0, 0.1) is 10.1 Å². The van der Waals surface area contributed by atoms with E-state index >= 15 is 0 Å². The standard InChI is InChI=1S/C21H25N5O3/c1-17(19-7-9-20(10-8-19)26(28)29)22-23-21(27)16-25-13-11-24(12-14-25)15-18-5-3-2-4-6-18/h2-10H,11-16H2,1H3,(H,23,27). The fraction of sp³-hybridized carbons (Fsp3) is 0.333. The van der Waals surface area contributed by atoms with Gasteiger partial charge in [-0.05, 0) is 30.2 Å². The van der Waals surface area contributed by atoms with Crippen LogP contribution in [-0.2, 0) is 11.3 Å². The van der Waals surface area contributed by atoms with Gasteiger partial charge in [-0.2, -0.15) is 5.10 Å². The quantitative estimate of drug-likeness (QED) is 0.441. The van der Waals surface area contributed by atoms with Gasteiger partial charge in [-0.25, -0.2) is 5.43 Å². The van der Waals surface area contributed by atoms with Gasteiger partial charge in [-0.15, -0.1) is 0 Å². The average Bonchev–Trinajstić information content (AvgIpc) is 2.74. The first kappa shape index (κ1) is 20.6. The van der Waals surface area contributed by atoms with Gasteiger partial charge in [0, 0.05) is 44.9 Å². The second kappa shape index (κ2) is 9.90. The number of hydrogen-bond donors (Lipinski definition) is 1. The number of nitro benzene ring substituents is 1. The minimum atomic E-state index is -0.447. The molecule has 1 N–H and O–H groups in total. The van der Waals surface area contributed by atoms with E-state index in [9.17, 15) is 14.9 Å². The molecular formula is C21H25N5O3. The molecule has 0 atom stereocenters. The first-order valence-electron chi connectivity index (χ1n) is 9.58. The lowest BCUT2D eigenvalue weighted by molar-refractivity contribution is -0.384. The van der Waals surface area contributed by atoms with Crippen LogP contribution in [0.15, 0.2) is 59.7 Å². The first-order chi connectivity index (χ1) is 14.0. The van der Waals surface area contributed by atoms with Gasteiger partial charge in [-0.3, -0.25) is 24.7 Å². The Bertz CT molecular complexity index is 860. The predicted molar refractivity (Wildman–Crippen MR) is 112 cm³/mol. The van der Waals surface area contributed by atoms with Gasteiger partial charge < -0.3 is 0 Å². The zero-order valence-electron chi connectivity index (χ0n) is 16.5. The number of nitrogens with zero attached hydrogens (tertiary/aromatic N) is 4. The molecule has 0 aliphatic carbocycles. The summed E-state index contributed by atoms with van der Waals surface area (Å²) >= 11 is 0. The zero-order chi connectivity index (χ0) is 20.6. The lowest BCUT2D eigenvalue weighted by atomic mass is 10.1. The van der Waals surface area contributed by atoms with Crippen LogP contribution in [0.3, 0.4) is 0 Å². The van der Waals surface area contributed by atoms with Crippen molar-refractivity contribution in [3.05, 3.63) is 75.8 Å². The first-order valence-corrected chi connectivity index (χ1v) is 9.58. The van der Waals surface area contributed by atoms with Crippen LogP contribution in [0.2, 0.25) is 0 Å². The van der Waals surface area contributed by atoms with Crippen molar-refractivity contribution in [1.29, 1.82) is 0 Å². The van der Waals surface area contributed by atoms with E-state index in [1.807, 2.05) is 6.07 Å². The van der Waals surface area contributed by atoms with E-state index in [0.29, 0.717) is 12.3 Å². The topological polar surface area (TPSA) is 91.1 Å². The maximum Gasteiger partial charge on any atom is 0.269 e. The number of nitrogens with one attached hydrogen (secondary N) is 1. The number of piperazine rings is 1. The Balaban J connectivity index is 1.42. The summed E-state index contributed by atoms with van der Waals surface area (Å²) in [6, 6.07) is 16.5. The molecule has 1 saturated heterocycles. The summed E-state index contributed by atoms with van der Waals surface area (Å²) in [7, 11) is 0. The minimum absolute atomic E-state index is 0.0250. The molecule has 1 heterocycles. The summed E-state index contributed by atoms with van der Waals surface area (Å²) in [5, 5.41) is 14.8. The normalized spacial score (nSPS) is 15.8. The number of carbonyl (C=O) groups excluding carboxylic acids is 1. The van der Waals surface area contributed by atoms with E-state index in [1.165, 1.54) is 17.7 Å². The third kappa shape index (κ3) is 6.20. The second-order valence-corrected chi connectivity index (χ2v) is 7.07. The van der Waals surface area contributed by atoms with Crippen molar-refractivity contribution in [3.63, 3.8) is 0 Å². The second-order valence-electron chi connectivity index (χ2n) is 7.07. The number of rotatable bonds is 7. The maximum absolute atomic E-state index is 12.2. The molecule has 1 aliphatic rings. The van der Waals surface area contributed by atoms with Crippen LogP contribution >= 0.6 is 0 Å². The number of hydrogen-bond acceptors (Lipinski definition) is 6. The zero-order valence-corrected chi connectivity index (χ0v) is 16.5. The van der Waals surface area contributed by atoms with Crippen LogP contribution in [0.1, 0.15) is 18.1 Å². The molecule has 0 bridgehead atoms. The fourth-order valence-electron chi connectivity index (χ4n) is 3.22. The van der Waals surface area contributed by atoms with Gasteiger partial charge in [0.05, 0.1) is 17.2 Å². The van der Waals surface area contributed by atoms with Gasteiger partial charge in [0.15, 0.2) is 0 Å². The number of non-ortho nitro benzene ring substituents is 1. The molecule has 0 saturated carbocycles. The number of carbonyl (C=O) groups is 1. The van der Waals surface area contributed by atoms with E-state index in [1.54, 1.807) is 19.1 Å². The van der Waals surface area contributed by atoms with Crippen molar-refractivity contribution in [2.45, 2.75) is 13.5 Å². The number of amides is 1. The largest absolute Gasteiger partial charge is 0.297 e. The molecule has 152 valence electrons. The molecule has 8 heteroatoms. The highest BCUT2D eigenvalue weighted by Crippen LogP contribution is 2.12. The molecule has 2 aromatic rings. The molecule has 1 fully saturated rings. The smallest absolute Gasteiger partial charge is 0.269 e. The van der Waals surface area contributed by atoms with E-state index in [2.05, 4.69) is 44.6 Å². The third-order valence-corrected chi connectivity index (χ3v) is 4.93. The highest BCUT2D eigenvalue weighted by molar-refractivity contribution is 5.99. The van der Waals surface area contributed by atoms with Crippen LogP contribution < -0.4 is 5.43 Å². The van der Waals surface area contributed by atoms with Crippen LogP contribution in [-0.4, -0.2) is 59.1 Å². The van der Waals surface area contributed by atoms with Crippen LogP contribution in [0.25, 0.3) is 0 Å². The summed E-state index contributed by atoms with van der Waals surface area (Å²) in [6.07, 6.45) is 0. The third-order valence-electron chi connectivity index (χ3n) is 4.93. The average molecular weight is 395 g/mol. The number of hydrazone groups is 1. The van der Waals surface area contributed by atoms with Gasteiger partial charge >= 0.3 is 0 Å². The summed E-state index contributed by atoms with van der Waals surface area (Å²) in [5.74, 6) is -0.164. The van der Waals surface area contributed by atoms with Crippen molar-refractivity contribution in [2.24, 2.45) is 5.10 Å². The summed E-state index contributed by atoms with van der Waals surface area (Å²) < 4.78 is 0. The fourth-order valence-corrected chi connectivity index (χ4v) is 3.22. The Morgan fingerprint density at radius 2 is 1.66 bits per heavy atom. The Labute approximate surface area is 170 Å². The van der Waals surface area contributed by atoms with Gasteiger partial charge in [0.25, 0.3) is 11.6 Å². The SMILES string of the molecule is CC(=NNC(=O)CN1CCN(Cc2ccccc2)CC1)c1ccc([N+](=O)[O-])cc1. The Kier molecular flexibility index (Phi) is 7.04. The molecule has 0 aromatic heterocycles. The van der Waals surface area contributed by atoms with Crippen LogP contribution in [0.5, 0.6) is 0 Å². The Morgan fingerprint density at radius 3 is 2.28 bits per heavy atom. The van der Waals surface area contributed by atoms with Gasteiger partial charge in [0.2, 0.25) is 0 Å². The molecule has 0 unspecified atom stereocenters. The highest BCUT2D eigenvalue weighted by Gasteiger charge is 2.19. The van der Waals surface area contributed by atoms with Crippen LogP contribution in [0.4, 0.5) is 5.69 Å². The molecule has 0 spiro atoms. The maximum atomic E-state index is 12.2. The van der Waals surface area contributed by atoms with Gasteiger partial charge in [0.1, 0.15) is 0 Å². The number of nitro groups is 1. The lowest BCUT2D eigenvalue weighted by Crippen LogP contribution is -2.48. The van der Waals surface area contributed by atoms with E-state index in [4.69, 9.17) is 0 Å². The van der Waals surface area contributed by atoms with Crippen molar-refractivity contribution in [2.75, 3.05) is 32.7 Å². The predicted octanol–water partition coefficient (Wildman–Crippen LogP) is 2.25. The van der Waals surface area contributed by atoms with Gasteiger partial charge in [-0.1, -0.05) is 30.3 Å². The summed E-state index contributed by atoms with van der Waals surface area (Å²) in [6.45, 7) is 6.51. The molecule has 2 aromatic carbocycles. The Hall–Kier alpha value is -3.10. The molecule has 1 aliphatic heterocycles. The minimum Gasteiger partial charge on any atom is -0.297 e. The Morgan fingerprint density at radius 1 is 1.03 bits per heavy atom. The van der Waals surface area contributed by atoms with E-state index < -0.39 is 4.92 Å². The van der Waals surface area contributed by atoms with E-state index in [0.717, 1.165) is 38.3 Å². The summed E-state index contributed by atoms with van der Waals surface area (Å²) in [5.41, 5.74) is 5.23. The number of benzene rings is 2. The molecule has 3 rings (SSSR count). The van der Waals surface area contributed by atoms with Crippen molar-refractivity contribution < 1.29 is 9.72 Å². The lowest BCUT2D eigenvalue weighted by Gasteiger charge is -2.34. The summed E-state index contributed by atoms with van der Waals surface area (Å²) in [4.78, 5) is 27.0. The molecule has 0 radical (unpaired) electrons.